The van der Waals surface area contributed by atoms with Gasteiger partial charge in [0.1, 0.15) is 5.75 Å². The summed E-state index contributed by atoms with van der Waals surface area (Å²) in [7, 11) is 0. The van der Waals surface area contributed by atoms with Crippen LogP contribution in [0.2, 0.25) is 0 Å². The Balaban J connectivity index is 2.83. The van der Waals surface area contributed by atoms with Crippen LogP contribution in [0.3, 0.4) is 0 Å². The highest BCUT2D eigenvalue weighted by atomic mass is 79.9. The molecule has 0 aliphatic heterocycles. The lowest BCUT2D eigenvalue weighted by atomic mass is 10.1. The molecule has 0 spiro atoms. The van der Waals surface area contributed by atoms with Crippen molar-refractivity contribution in [2.45, 2.75) is 33.8 Å². The van der Waals surface area contributed by atoms with E-state index in [-0.39, 0.29) is 12.0 Å². The minimum absolute atomic E-state index is 0.0789. The van der Waals surface area contributed by atoms with Gasteiger partial charge in [0.25, 0.3) is 5.91 Å². The molecule has 3 nitrogen and oxygen atoms in total. The lowest BCUT2D eigenvalue weighted by Gasteiger charge is -2.13. The van der Waals surface area contributed by atoms with Crippen molar-refractivity contribution in [3.8, 4) is 5.75 Å². The molecule has 0 radical (unpaired) electrons. The van der Waals surface area contributed by atoms with Crippen molar-refractivity contribution < 1.29 is 9.53 Å². The molecule has 0 atom stereocenters. The molecule has 100 valence electrons. The second-order valence-corrected chi connectivity index (χ2v) is 5.77. The minimum Gasteiger partial charge on any atom is -0.491 e. The first-order valence-electron chi connectivity index (χ1n) is 6.14. The fourth-order valence-corrected chi connectivity index (χ4v) is 1.84. The van der Waals surface area contributed by atoms with E-state index in [1.165, 1.54) is 0 Å². The second-order valence-electron chi connectivity index (χ2n) is 4.91. The molecule has 0 aliphatic rings. The van der Waals surface area contributed by atoms with Crippen LogP contribution in [-0.4, -0.2) is 18.6 Å². The Hall–Kier alpha value is -1.03. The molecule has 1 amide bonds. The SMILES string of the molecule is CC(C)CNC(=O)c1cc(OC(C)C)ccc1Br. The van der Waals surface area contributed by atoms with Crippen LogP contribution in [0.5, 0.6) is 5.75 Å². The number of benzene rings is 1. The summed E-state index contributed by atoms with van der Waals surface area (Å²) in [4.78, 5) is 12.0. The van der Waals surface area contributed by atoms with Gasteiger partial charge in [-0.2, -0.15) is 0 Å². The van der Waals surface area contributed by atoms with Gasteiger partial charge in [0, 0.05) is 11.0 Å². The van der Waals surface area contributed by atoms with Gasteiger partial charge in [-0.3, -0.25) is 4.79 Å². The van der Waals surface area contributed by atoms with E-state index in [9.17, 15) is 4.79 Å². The zero-order chi connectivity index (χ0) is 13.7. The molecule has 0 aliphatic carbocycles. The van der Waals surface area contributed by atoms with Crippen LogP contribution >= 0.6 is 15.9 Å². The quantitative estimate of drug-likeness (QED) is 0.901. The molecular weight excluding hydrogens is 294 g/mol. The zero-order valence-electron chi connectivity index (χ0n) is 11.3. The standard InChI is InChI=1S/C14H20BrNO2/c1-9(2)8-16-14(17)12-7-11(18-10(3)4)5-6-13(12)15/h5-7,9-10H,8H2,1-4H3,(H,16,17). The molecule has 4 heteroatoms. The van der Waals surface area contributed by atoms with Gasteiger partial charge in [-0.1, -0.05) is 13.8 Å². The summed E-state index contributed by atoms with van der Waals surface area (Å²) in [5.74, 6) is 1.07. The van der Waals surface area contributed by atoms with Crippen molar-refractivity contribution in [2.24, 2.45) is 5.92 Å². The first-order valence-corrected chi connectivity index (χ1v) is 6.94. The number of halogens is 1. The summed E-state index contributed by atoms with van der Waals surface area (Å²) in [6.45, 7) is 8.71. The number of nitrogens with one attached hydrogen (secondary N) is 1. The molecule has 0 fully saturated rings. The average Bonchev–Trinajstić information content (AvgIpc) is 2.28. The number of carbonyl (C=O) groups excluding carboxylic acids is 1. The Morgan fingerprint density at radius 1 is 1.33 bits per heavy atom. The molecule has 0 saturated heterocycles. The van der Waals surface area contributed by atoms with E-state index >= 15 is 0 Å². The predicted octanol–water partition coefficient (Wildman–Crippen LogP) is 3.62. The van der Waals surface area contributed by atoms with E-state index in [4.69, 9.17) is 4.74 Å². The van der Waals surface area contributed by atoms with Crippen molar-refractivity contribution in [1.29, 1.82) is 0 Å². The molecule has 1 rings (SSSR count). The van der Waals surface area contributed by atoms with Crippen LogP contribution < -0.4 is 10.1 Å². The molecular formula is C14H20BrNO2. The summed E-state index contributed by atoms with van der Waals surface area (Å²) in [5.41, 5.74) is 0.605. The van der Waals surface area contributed by atoms with Gasteiger partial charge in [-0.05, 0) is 53.9 Å². The van der Waals surface area contributed by atoms with Gasteiger partial charge in [0.15, 0.2) is 0 Å². The molecule has 1 aromatic rings. The Bertz CT molecular complexity index is 416. The molecule has 1 aromatic carbocycles. The van der Waals surface area contributed by atoms with Crippen molar-refractivity contribution in [3.05, 3.63) is 28.2 Å². The van der Waals surface area contributed by atoms with Gasteiger partial charge < -0.3 is 10.1 Å². The highest BCUT2D eigenvalue weighted by molar-refractivity contribution is 9.10. The Labute approximate surface area is 117 Å². The molecule has 1 N–H and O–H groups in total. The maximum Gasteiger partial charge on any atom is 0.252 e. The normalized spacial score (nSPS) is 10.8. The highest BCUT2D eigenvalue weighted by Crippen LogP contribution is 2.23. The van der Waals surface area contributed by atoms with Crippen molar-refractivity contribution >= 4 is 21.8 Å². The topological polar surface area (TPSA) is 38.3 Å². The monoisotopic (exact) mass is 313 g/mol. The lowest BCUT2D eigenvalue weighted by molar-refractivity contribution is 0.0947. The molecule has 0 saturated carbocycles. The van der Waals surface area contributed by atoms with Gasteiger partial charge in [-0.15, -0.1) is 0 Å². The maximum absolute atomic E-state index is 12.0. The van der Waals surface area contributed by atoms with Crippen molar-refractivity contribution in [1.82, 2.24) is 5.32 Å². The minimum atomic E-state index is -0.0789. The Kier molecular flexibility index (Phi) is 5.66. The molecule has 0 unspecified atom stereocenters. The van der Waals surface area contributed by atoms with E-state index < -0.39 is 0 Å². The van der Waals surface area contributed by atoms with E-state index in [2.05, 4.69) is 35.1 Å². The van der Waals surface area contributed by atoms with E-state index in [1.54, 1.807) is 6.07 Å². The number of ether oxygens (including phenoxy) is 1. The van der Waals surface area contributed by atoms with Gasteiger partial charge in [0.05, 0.1) is 11.7 Å². The number of rotatable bonds is 5. The average molecular weight is 314 g/mol. The van der Waals surface area contributed by atoms with Crippen LogP contribution in [0.1, 0.15) is 38.1 Å². The predicted molar refractivity (Wildman–Crippen MR) is 77.1 cm³/mol. The molecule has 0 aromatic heterocycles. The number of hydrogen-bond donors (Lipinski definition) is 1. The highest BCUT2D eigenvalue weighted by Gasteiger charge is 2.12. The Morgan fingerprint density at radius 3 is 2.56 bits per heavy atom. The fraction of sp³-hybridized carbons (Fsp3) is 0.500. The van der Waals surface area contributed by atoms with Crippen LogP contribution in [0, 0.1) is 5.92 Å². The van der Waals surface area contributed by atoms with E-state index in [0.717, 1.165) is 4.47 Å². The smallest absolute Gasteiger partial charge is 0.252 e. The second kappa shape index (κ2) is 6.78. The van der Waals surface area contributed by atoms with Crippen molar-refractivity contribution in [2.75, 3.05) is 6.54 Å². The number of hydrogen-bond acceptors (Lipinski definition) is 2. The molecule has 0 bridgehead atoms. The number of amides is 1. The number of carbonyl (C=O) groups is 1. The summed E-state index contributed by atoms with van der Waals surface area (Å²) in [5, 5.41) is 2.90. The summed E-state index contributed by atoms with van der Waals surface area (Å²) in [6, 6.07) is 5.45. The summed E-state index contributed by atoms with van der Waals surface area (Å²) in [6.07, 6.45) is 0.0951. The summed E-state index contributed by atoms with van der Waals surface area (Å²) >= 11 is 3.39. The zero-order valence-corrected chi connectivity index (χ0v) is 12.9. The summed E-state index contributed by atoms with van der Waals surface area (Å²) < 4.78 is 6.36. The van der Waals surface area contributed by atoms with Gasteiger partial charge >= 0.3 is 0 Å². The fourth-order valence-electron chi connectivity index (χ4n) is 1.42. The van der Waals surface area contributed by atoms with Gasteiger partial charge in [-0.25, -0.2) is 0 Å². The third-order valence-electron chi connectivity index (χ3n) is 2.23. The third-order valence-corrected chi connectivity index (χ3v) is 2.92. The van der Waals surface area contributed by atoms with Crippen LogP contribution in [0.4, 0.5) is 0 Å². The van der Waals surface area contributed by atoms with E-state index in [0.29, 0.717) is 23.8 Å². The molecule has 18 heavy (non-hydrogen) atoms. The van der Waals surface area contributed by atoms with Crippen LogP contribution in [0.15, 0.2) is 22.7 Å². The van der Waals surface area contributed by atoms with E-state index in [1.807, 2.05) is 26.0 Å². The first-order chi connectivity index (χ1) is 8.40. The van der Waals surface area contributed by atoms with Crippen LogP contribution in [-0.2, 0) is 0 Å². The van der Waals surface area contributed by atoms with Crippen molar-refractivity contribution in [3.63, 3.8) is 0 Å². The third kappa shape index (κ3) is 4.69. The lowest BCUT2D eigenvalue weighted by Crippen LogP contribution is -2.27. The largest absolute Gasteiger partial charge is 0.491 e. The van der Waals surface area contributed by atoms with Crippen LogP contribution in [0.25, 0.3) is 0 Å². The Morgan fingerprint density at radius 2 is 2.00 bits per heavy atom. The maximum atomic E-state index is 12.0. The van der Waals surface area contributed by atoms with Gasteiger partial charge in [0.2, 0.25) is 0 Å². The molecule has 0 heterocycles. The first kappa shape index (κ1) is 15.0.